The smallest absolute Gasteiger partial charge is 0.253 e. The Kier molecular flexibility index (Phi) is 6.93. The molecule has 29 heavy (non-hydrogen) atoms. The first-order chi connectivity index (χ1) is 13.9. The minimum atomic E-state index is 0.0271. The second kappa shape index (κ2) is 9.42. The van der Waals surface area contributed by atoms with Gasteiger partial charge in [0.25, 0.3) is 5.91 Å². The van der Waals surface area contributed by atoms with Gasteiger partial charge in [0.1, 0.15) is 5.75 Å². The Morgan fingerprint density at radius 2 is 1.83 bits per heavy atom. The molecule has 5 heteroatoms. The highest BCUT2D eigenvalue weighted by atomic mass is 16.3. The maximum atomic E-state index is 12.7. The summed E-state index contributed by atoms with van der Waals surface area (Å²) in [6.07, 6.45) is 0. The van der Waals surface area contributed by atoms with E-state index in [1.54, 1.807) is 6.07 Å². The van der Waals surface area contributed by atoms with Crippen LogP contribution in [0.25, 0.3) is 0 Å². The van der Waals surface area contributed by atoms with Crippen molar-refractivity contribution in [3.63, 3.8) is 0 Å². The summed E-state index contributed by atoms with van der Waals surface area (Å²) in [4.78, 5) is 17.0. The van der Waals surface area contributed by atoms with E-state index in [0.29, 0.717) is 30.7 Å². The number of hydrogen-bond acceptors (Lipinski definition) is 4. The first-order valence-electron chi connectivity index (χ1n) is 10.6. The fourth-order valence-electron chi connectivity index (χ4n) is 4.18. The van der Waals surface area contributed by atoms with Crippen molar-refractivity contribution in [2.24, 2.45) is 0 Å². The van der Waals surface area contributed by atoms with E-state index in [4.69, 9.17) is 0 Å². The second-order valence-electron chi connectivity index (χ2n) is 7.95. The Bertz CT molecular complexity index is 817. The number of aromatic hydroxyl groups is 1. The Balaban J connectivity index is 1.97. The summed E-state index contributed by atoms with van der Waals surface area (Å²) in [5.41, 5.74) is 2.91. The molecule has 1 fully saturated rings. The van der Waals surface area contributed by atoms with Crippen molar-refractivity contribution in [3.8, 4) is 5.75 Å². The molecule has 0 saturated carbocycles. The van der Waals surface area contributed by atoms with Crippen LogP contribution in [0, 0.1) is 0 Å². The zero-order valence-electron chi connectivity index (χ0n) is 17.9. The molecule has 156 valence electrons. The third kappa shape index (κ3) is 4.80. The number of piperazine rings is 1. The first-order valence-corrected chi connectivity index (χ1v) is 10.6. The lowest BCUT2D eigenvalue weighted by atomic mass is 9.93. The van der Waals surface area contributed by atoms with Crippen LogP contribution in [0.2, 0.25) is 0 Å². The second-order valence-corrected chi connectivity index (χ2v) is 7.95. The minimum absolute atomic E-state index is 0.0271. The van der Waals surface area contributed by atoms with Crippen LogP contribution in [0.3, 0.4) is 0 Å². The average Bonchev–Trinajstić information content (AvgIpc) is 2.72. The molecule has 2 N–H and O–H groups in total. The van der Waals surface area contributed by atoms with Crippen LogP contribution in [0.15, 0.2) is 48.5 Å². The van der Waals surface area contributed by atoms with Gasteiger partial charge >= 0.3 is 0 Å². The summed E-state index contributed by atoms with van der Waals surface area (Å²) >= 11 is 0. The quantitative estimate of drug-likeness (QED) is 0.784. The largest absolute Gasteiger partial charge is 0.508 e. The summed E-state index contributed by atoms with van der Waals surface area (Å²) in [6.45, 7) is 11.7. The molecule has 0 aromatic heterocycles. The molecule has 1 heterocycles. The Labute approximate surface area is 174 Å². The summed E-state index contributed by atoms with van der Waals surface area (Å²) in [5, 5.41) is 13.6. The maximum absolute atomic E-state index is 12.7. The number of nitrogens with zero attached hydrogens (tertiary/aromatic N) is 2. The fourth-order valence-corrected chi connectivity index (χ4v) is 4.18. The van der Waals surface area contributed by atoms with Gasteiger partial charge in [-0.25, -0.2) is 0 Å². The van der Waals surface area contributed by atoms with Gasteiger partial charge in [0.05, 0.1) is 6.04 Å². The van der Waals surface area contributed by atoms with E-state index in [2.05, 4.69) is 42.3 Å². The third-order valence-electron chi connectivity index (χ3n) is 5.85. The van der Waals surface area contributed by atoms with Crippen LogP contribution in [-0.2, 0) is 0 Å². The first kappa shape index (κ1) is 21.3. The zero-order valence-corrected chi connectivity index (χ0v) is 17.9. The number of benzene rings is 2. The molecule has 1 aliphatic heterocycles. The topological polar surface area (TPSA) is 55.8 Å². The van der Waals surface area contributed by atoms with Gasteiger partial charge in [-0.15, -0.1) is 0 Å². The maximum Gasteiger partial charge on any atom is 0.253 e. The summed E-state index contributed by atoms with van der Waals surface area (Å²) < 4.78 is 0. The molecule has 1 unspecified atom stereocenters. The van der Waals surface area contributed by atoms with Crippen LogP contribution in [-0.4, -0.2) is 59.1 Å². The summed E-state index contributed by atoms with van der Waals surface area (Å²) in [6, 6.07) is 16.3. The van der Waals surface area contributed by atoms with Gasteiger partial charge in [0.15, 0.2) is 0 Å². The van der Waals surface area contributed by atoms with Gasteiger partial charge in [-0.05, 0) is 63.1 Å². The van der Waals surface area contributed by atoms with E-state index in [-0.39, 0.29) is 17.7 Å². The molecule has 0 aliphatic carbocycles. The van der Waals surface area contributed by atoms with Crippen LogP contribution >= 0.6 is 0 Å². The Morgan fingerprint density at radius 3 is 2.45 bits per heavy atom. The average molecular weight is 396 g/mol. The number of amides is 1. The molecular formula is C24H33N3O2. The number of rotatable bonds is 6. The van der Waals surface area contributed by atoms with Gasteiger partial charge in [-0.2, -0.15) is 0 Å². The van der Waals surface area contributed by atoms with Crippen molar-refractivity contribution >= 4 is 5.91 Å². The van der Waals surface area contributed by atoms with Crippen LogP contribution < -0.4 is 5.32 Å². The summed E-state index contributed by atoms with van der Waals surface area (Å²) in [7, 11) is 0. The number of phenolic OH excluding ortho intramolecular Hbond substituents is 1. The van der Waals surface area contributed by atoms with E-state index in [1.807, 2.05) is 43.0 Å². The minimum Gasteiger partial charge on any atom is -0.508 e. The molecule has 2 aromatic carbocycles. The Hall–Kier alpha value is -2.37. The summed E-state index contributed by atoms with van der Waals surface area (Å²) in [5.74, 6) is 0.344. The van der Waals surface area contributed by atoms with E-state index >= 15 is 0 Å². The highest BCUT2D eigenvalue weighted by Gasteiger charge is 2.31. The lowest BCUT2D eigenvalue weighted by Crippen LogP contribution is -2.55. The van der Waals surface area contributed by atoms with Gasteiger partial charge in [0, 0.05) is 43.8 Å². The molecular weight excluding hydrogens is 362 g/mol. The van der Waals surface area contributed by atoms with Crippen molar-refractivity contribution < 1.29 is 9.90 Å². The zero-order chi connectivity index (χ0) is 21.0. The fraction of sp³-hybridized carbons (Fsp3) is 0.458. The number of nitrogens with one attached hydrogen (secondary N) is 1. The predicted octanol–water partition coefficient (Wildman–Crippen LogP) is 3.65. The number of carbonyl (C=O) groups excluding carboxylic acids is 1. The van der Waals surface area contributed by atoms with Crippen molar-refractivity contribution in [2.75, 3.05) is 26.2 Å². The predicted molar refractivity (Wildman–Crippen MR) is 117 cm³/mol. The Morgan fingerprint density at radius 1 is 1.14 bits per heavy atom. The van der Waals surface area contributed by atoms with Crippen molar-refractivity contribution in [2.45, 2.75) is 45.8 Å². The molecule has 0 radical (unpaired) electrons. The molecule has 5 nitrogen and oxygen atoms in total. The van der Waals surface area contributed by atoms with Crippen LogP contribution in [0.4, 0.5) is 0 Å². The van der Waals surface area contributed by atoms with E-state index < -0.39 is 0 Å². The monoisotopic (exact) mass is 395 g/mol. The van der Waals surface area contributed by atoms with Crippen molar-refractivity contribution in [1.29, 1.82) is 0 Å². The molecule has 1 saturated heterocycles. The van der Waals surface area contributed by atoms with E-state index in [1.165, 1.54) is 0 Å². The highest BCUT2D eigenvalue weighted by molar-refractivity contribution is 5.94. The van der Waals surface area contributed by atoms with Crippen molar-refractivity contribution in [3.05, 3.63) is 65.2 Å². The number of carbonyl (C=O) groups is 1. The van der Waals surface area contributed by atoms with Gasteiger partial charge in [0.2, 0.25) is 0 Å². The lowest BCUT2D eigenvalue weighted by molar-refractivity contribution is 0.0773. The molecule has 3 rings (SSSR count). The number of phenols is 1. The van der Waals surface area contributed by atoms with Gasteiger partial charge < -0.3 is 15.3 Å². The highest BCUT2D eigenvalue weighted by Crippen LogP contribution is 2.33. The van der Waals surface area contributed by atoms with E-state index in [0.717, 1.165) is 24.2 Å². The molecule has 0 bridgehead atoms. The SMILES string of the molecule is CCN(CC)C(=O)c1ccc(C(c2cccc(O)c2)N2C[C@@H](C)NC[C@H]2C)cc1. The van der Waals surface area contributed by atoms with E-state index in [9.17, 15) is 9.90 Å². The van der Waals surface area contributed by atoms with Crippen molar-refractivity contribution in [1.82, 2.24) is 15.1 Å². The normalized spacial score (nSPS) is 21.0. The lowest BCUT2D eigenvalue weighted by Gasteiger charge is -2.43. The molecule has 1 amide bonds. The van der Waals surface area contributed by atoms with Gasteiger partial charge in [-0.1, -0.05) is 24.3 Å². The molecule has 1 aliphatic rings. The molecule has 2 aromatic rings. The van der Waals surface area contributed by atoms with Crippen LogP contribution in [0.1, 0.15) is 55.2 Å². The molecule has 0 spiro atoms. The number of hydrogen-bond donors (Lipinski definition) is 2. The van der Waals surface area contributed by atoms with Gasteiger partial charge in [-0.3, -0.25) is 9.69 Å². The van der Waals surface area contributed by atoms with Crippen LogP contribution in [0.5, 0.6) is 5.75 Å². The standard InChI is InChI=1S/C24H33N3O2/c1-5-26(6-2)24(29)20-12-10-19(11-13-20)23(21-8-7-9-22(28)14-21)27-16-17(3)25-15-18(27)4/h7-14,17-18,23,25,28H,5-6,15-16H2,1-4H3/t17-,18-,23?/m1/s1. The molecule has 3 atom stereocenters. The third-order valence-corrected chi connectivity index (χ3v) is 5.85.